The largest absolute Gasteiger partial charge is 0.382 e. The van der Waals surface area contributed by atoms with Gasteiger partial charge in [0.05, 0.1) is 0 Å². The Morgan fingerprint density at radius 1 is 1.57 bits per heavy atom. The molecule has 1 aliphatic rings. The second-order valence-electron chi connectivity index (χ2n) is 5.21. The summed E-state index contributed by atoms with van der Waals surface area (Å²) in [5.74, 6) is 1.24. The fourth-order valence-corrected chi connectivity index (χ4v) is 2.53. The monoisotopic (exact) mass is 193 g/mol. The Balaban J connectivity index is 2.12. The standard InChI is InChI=1S/C11H19N3/c1-11(2)5-3-4-8(7-11)9-6-10(12)14-13-9/h6,8H,3-5,7H2,1-2H3,(H3,12,13,14). The molecule has 2 rings (SSSR count). The summed E-state index contributed by atoms with van der Waals surface area (Å²) in [4.78, 5) is 0. The number of hydrogen-bond donors (Lipinski definition) is 2. The highest BCUT2D eigenvalue weighted by Crippen LogP contribution is 2.42. The molecule has 3 heteroatoms. The van der Waals surface area contributed by atoms with Crippen molar-refractivity contribution in [3.8, 4) is 0 Å². The van der Waals surface area contributed by atoms with Gasteiger partial charge in [0.25, 0.3) is 0 Å². The normalized spacial score (nSPS) is 26.3. The summed E-state index contributed by atoms with van der Waals surface area (Å²) < 4.78 is 0. The lowest BCUT2D eigenvalue weighted by Crippen LogP contribution is -2.21. The highest BCUT2D eigenvalue weighted by Gasteiger charge is 2.29. The molecule has 0 saturated heterocycles. The molecule has 1 aromatic rings. The number of anilines is 1. The molecule has 0 aliphatic heterocycles. The lowest BCUT2D eigenvalue weighted by atomic mass is 9.71. The van der Waals surface area contributed by atoms with Crippen LogP contribution in [-0.2, 0) is 0 Å². The molecule has 1 aliphatic carbocycles. The first-order valence-electron chi connectivity index (χ1n) is 5.38. The molecule has 0 aromatic carbocycles. The van der Waals surface area contributed by atoms with E-state index in [1.54, 1.807) is 0 Å². The maximum atomic E-state index is 5.61. The van der Waals surface area contributed by atoms with Crippen LogP contribution >= 0.6 is 0 Å². The van der Waals surface area contributed by atoms with Crippen LogP contribution in [0, 0.1) is 5.41 Å². The van der Waals surface area contributed by atoms with E-state index in [1.165, 1.54) is 31.4 Å². The molecule has 0 amide bonds. The van der Waals surface area contributed by atoms with E-state index in [2.05, 4.69) is 24.0 Å². The van der Waals surface area contributed by atoms with E-state index in [9.17, 15) is 0 Å². The molecule has 1 aromatic heterocycles. The number of nitrogens with zero attached hydrogens (tertiary/aromatic N) is 1. The van der Waals surface area contributed by atoms with Gasteiger partial charge in [-0.2, -0.15) is 5.10 Å². The second kappa shape index (κ2) is 3.30. The number of nitrogens with two attached hydrogens (primary N) is 1. The third kappa shape index (κ3) is 1.91. The van der Waals surface area contributed by atoms with Crippen molar-refractivity contribution in [3.63, 3.8) is 0 Å². The van der Waals surface area contributed by atoms with E-state index in [0.717, 1.165) is 0 Å². The molecule has 1 heterocycles. The van der Waals surface area contributed by atoms with Crippen molar-refractivity contribution in [3.05, 3.63) is 11.8 Å². The SMILES string of the molecule is CC1(C)CCCC(c2cc(N)n[nH]2)C1. The van der Waals surface area contributed by atoms with Gasteiger partial charge < -0.3 is 5.73 Å². The number of nitrogens with one attached hydrogen (secondary N) is 1. The molecule has 1 saturated carbocycles. The van der Waals surface area contributed by atoms with E-state index < -0.39 is 0 Å². The maximum Gasteiger partial charge on any atom is 0.145 e. The molecule has 1 fully saturated rings. The van der Waals surface area contributed by atoms with Gasteiger partial charge in [0.15, 0.2) is 0 Å². The van der Waals surface area contributed by atoms with E-state index in [-0.39, 0.29) is 0 Å². The quantitative estimate of drug-likeness (QED) is 0.720. The van der Waals surface area contributed by atoms with E-state index in [1.807, 2.05) is 6.07 Å². The Morgan fingerprint density at radius 3 is 2.93 bits per heavy atom. The minimum Gasteiger partial charge on any atom is -0.382 e. The van der Waals surface area contributed by atoms with Crippen molar-refractivity contribution in [2.24, 2.45) is 5.41 Å². The predicted octanol–water partition coefficient (Wildman–Crippen LogP) is 2.68. The van der Waals surface area contributed by atoms with Crippen LogP contribution in [0.2, 0.25) is 0 Å². The average Bonchev–Trinajstić information content (AvgIpc) is 2.50. The summed E-state index contributed by atoms with van der Waals surface area (Å²) in [6, 6.07) is 1.98. The zero-order valence-electron chi connectivity index (χ0n) is 9.01. The van der Waals surface area contributed by atoms with Crippen LogP contribution in [-0.4, -0.2) is 10.2 Å². The fourth-order valence-electron chi connectivity index (χ4n) is 2.53. The second-order valence-corrected chi connectivity index (χ2v) is 5.21. The smallest absolute Gasteiger partial charge is 0.145 e. The minimum absolute atomic E-state index is 0.475. The van der Waals surface area contributed by atoms with Crippen molar-refractivity contribution in [2.75, 3.05) is 5.73 Å². The third-order valence-corrected chi connectivity index (χ3v) is 3.26. The predicted molar refractivity (Wildman–Crippen MR) is 58.0 cm³/mol. The third-order valence-electron chi connectivity index (χ3n) is 3.26. The summed E-state index contributed by atoms with van der Waals surface area (Å²) in [6.07, 6.45) is 5.17. The van der Waals surface area contributed by atoms with Crippen molar-refractivity contribution >= 4 is 5.82 Å². The molecule has 0 radical (unpaired) electrons. The summed E-state index contributed by atoms with van der Waals surface area (Å²) >= 11 is 0. The molecule has 3 nitrogen and oxygen atoms in total. The first-order valence-corrected chi connectivity index (χ1v) is 5.38. The van der Waals surface area contributed by atoms with Crippen LogP contribution in [0.4, 0.5) is 5.82 Å². The molecule has 0 spiro atoms. The lowest BCUT2D eigenvalue weighted by Gasteiger charge is -2.34. The number of hydrogen-bond acceptors (Lipinski definition) is 2. The van der Waals surface area contributed by atoms with Crippen LogP contribution < -0.4 is 5.73 Å². The lowest BCUT2D eigenvalue weighted by molar-refractivity contribution is 0.217. The van der Waals surface area contributed by atoms with Gasteiger partial charge in [0.1, 0.15) is 5.82 Å². The Hall–Kier alpha value is -0.990. The molecule has 3 N–H and O–H groups in total. The summed E-state index contributed by atoms with van der Waals surface area (Å²) in [7, 11) is 0. The van der Waals surface area contributed by atoms with Gasteiger partial charge in [0, 0.05) is 17.7 Å². The molecular formula is C11H19N3. The zero-order valence-corrected chi connectivity index (χ0v) is 9.01. The van der Waals surface area contributed by atoms with Gasteiger partial charge in [-0.15, -0.1) is 0 Å². The molecule has 78 valence electrons. The van der Waals surface area contributed by atoms with E-state index >= 15 is 0 Å². The summed E-state index contributed by atoms with van der Waals surface area (Å²) in [5, 5.41) is 7.03. The maximum absolute atomic E-state index is 5.61. The highest BCUT2D eigenvalue weighted by molar-refractivity contribution is 5.30. The number of H-pyrrole nitrogens is 1. The van der Waals surface area contributed by atoms with Crippen molar-refractivity contribution in [2.45, 2.75) is 45.4 Å². The molecule has 14 heavy (non-hydrogen) atoms. The van der Waals surface area contributed by atoms with Crippen molar-refractivity contribution in [1.29, 1.82) is 0 Å². The summed E-state index contributed by atoms with van der Waals surface area (Å²) in [5.41, 5.74) is 7.30. The average molecular weight is 193 g/mol. The van der Waals surface area contributed by atoms with Crippen molar-refractivity contribution in [1.82, 2.24) is 10.2 Å². The van der Waals surface area contributed by atoms with Crippen LogP contribution in [0.15, 0.2) is 6.07 Å². The van der Waals surface area contributed by atoms with Crippen LogP contribution in [0.3, 0.4) is 0 Å². The number of aromatic amines is 1. The van der Waals surface area contributed by atoms with Gasteiger partial charge in [-0.05, 0) is 24.7 Å². The van der Waals surface area contributed by atoms with E-state index in [4.69, 9.17) is 5.73 Å². The fraction of sp³-hybridized carbons (Fsp3) is 0.727. The molecule has 1 atom stereocenters. The van der Waals surface area contributed by atoms with Gasteiger partial charge >= 0.3 is 0 Å². The van der Waals surface area contributed by atoms with Crippen LogP contribution in [0.1, 0.15) is 51.1 Å². The van der Waals surface area contributed by atoms with Gasteiger partial charge in [-0.1, -0.05) is 20.3 Å². The van der Waals surface area contributed by atoms with E-state index in [0.29, 0.717) is 17.2 Å². The Bertz CT molecular complexity index is 314. The van der Waals surface area contributed by atoms with Crippen molar-refractivity contribution < 1.29 is 0 Å². The van der Waals surface area contributed by atoms with Crippen LogP contribution in [0.5, 0.6) is 0 Å². The number of nitrogen functional groups attached to an aromatic ring is 1. The van der Waals surface area contributed by atoms with Gasteiger partial charge in [-0.3, -0.25) is 5.10 Å². The first-order chi connectivity index (χ1) is 6.57. The van der Waals surface area contributed by atoms with Gasteiger partial charge in [0.2, 0.25) is 0 Å². The summed E-state index contributed by atoms with van der Waals surface area (Å²) in [6.45, 7) is 4.69. The van der Waals surface area contributed by atoms with Crippen LogP contribution in [0.25, 0.3) is 0 Å². The minimum atomic E-state index is 0.475. The molecule has 0 bridgehead atoms. The Labute approximate surface area is 85.1 Å². The number of aromatic nitrogens is 2. The van der Waals surface area contributed by atoms with Gasteiger partial charge in [-0.25, -0.2) is 0 Å². The Kier molecular flexibility index (Phi) is 2.25. The zero-order chi connectivity index (χ0) is 10.2. The topological polar surface area (TPSA) is 54.7 Å². The highest BCUT2D eigenvalue weighted by atomic mass is 15.2. The molecule has 1 unspecified atom stereocenters. The number of rotatable bonds is 1. The molecular weight excluding hydrogens is 174 g/mol. The first kappa shape index (κ1) is 9.56. The Morgan fingerprint density at radius 2 is 2.36 bits per heavy atom.